The molecule has 2 N–H and O–H groups in total. The maximum Gasteiger partial charge on any atom is 0.140 e. The van der Waals surface area contributed by atoms with Gasteiger partial charge in [0, 0.05) is 25.3 Å². The van der Waals surface area contributed by atoms with Crippen LogP contribution in [0.3, 0.4) is 0 Å². The van der Waals surface area contributed by atoms with Crippen LogP contribution < -0.4 is 5.73 Å². The van der Waals surface area contributed by atoms with Gasteiger partial charge in [0.05, 0.1) is 0 Å². The highest BCUT2D eigenvalue weighted by Crippen LogP contribution is 2.23. The number of nitrogens with zero attached hydrogens (tertiary/aromatic N) is 3. The Morgan fingerprint density at radius 2 is 2.39 bits per heavy atom. The predicted octanol–water partition coefficient (Wildman–Crippen LogP) is 1.51. The fraction of sp³-hybridized carbons (Fsp3) is 0.571. The van der Waals surface area contributed by atoms with E-state index >= 15 is 0 Å². The van der Waals surface area contributed by atoms with Crippen molar-refractivity contribution in [1.29, 1.82) is 5.26 Å². The van der Waals surface area contributed by atoms with E-state index in [-0.39, 0.29) is 0 Å². The number of piperidine rings is 1. The predicted molar refractivity (Wildman–Crippen MR) is 70.6 cm³/mol. The fourth-order valence-corrected chi connectivity index (χ4v) is 2.54. The van der Waals surface area contributed by atoms with Gasteiger partial charge in [0.2, 0.25) is 0 Å². The summed E-state index contributed by atoms with van der Waals surface area (Å²) in [6.07, 6.45) is 4.15. The smallest absolute Gasteiger partial charge is 0.140 e. The zero-order valence-corrected chi connectivity index (χ0v) is 10.8. The van der Waals surface area contributed by atoms with Crippen LogP contribution in [0, 0.1) is 17.2 Å². The molecular weight excluding hydrogens is 224 g/mol. The van der Waals surface area contributed by atoms with Crippen molar-refractivity contribution in [3.8, 4) is 6.07 Å². The van der Waals surface area contributed by atoms with Gasteiger partial charge in [-0.1, -0.05) is 0 Å². The quantitative estimate of drug-likeness (QED) is 0.875. The van der Waals surface area contributed by atoms with Gasteiger partial charge in [-0.2, -0.15) is 5.26 Å². The van der Waals surface area contributed by atoms with Gasteiger partial charge in [0.25, 0.3) is 0 Å². The fourth-order valence-electron chi connectivity index (χ4n) is 2.54. The zero-order chi connectivity index (χ0) is 13.0. The first kappa shape index (κ1) is 13.0. The lowest BCUT2D eigenvalue weighted by Crippen LogP contribution is -2.43. The standard InChI is InChI=1S/C14H20N4/c1-11-2-3-13(7-15)10-18(11)9-12-4-5-17-14(6-12)8-16/h4-6,11,13H,2-3,7,9-10,15H2,1H3. The second-order valence-corrected chi connectivity index (χ2v) is 5.12. The van der Waals surface area contributed by atoms with Crippen molar-refractivity contribution in [3.05, 3.63) is 29.6 Å². The van der Waals surface area contributed by atoms with Gasteiger partial charge in [-0.05, 0) is 49.9 Å². The first-order valence-electron chi connectivity index (χ1n) is 6.52. The molecule has 2 rings (SSSR count). The van der Waals surface area contributed by atoms with Gasteiger partial charge < -0.3 is 5.73 Å². The molecule has 0 spiro atoms. The Balaban J connectivity index is 2.05. The molecule has 1 aliphatic rings. The van der Waals surface area contributed by atoms with Crippen molar-refractivity contribution in [3.63, 3.8) is 0 Å². The van der Waals surface area contributed by atoms with Gasteiger partial charge in [0.15, 0.2) is 0 Å². The molecule has 1 aromatic rings. The van der Waals surface area contributed by atoms with E-state index in [0.29, 0.717) is 17.7 Å². The van der Waals surface area contributed by atoms with Crippen molar-refractivity contribution in [1.82, 2.24) is 9.88 Å². The molecule has 2 heterocycles. The Morgan fingerprint density at radius 1 is 1.56 bits per heavy atom. The van der Waals surface area contributed by atoms with Crippen LogP contribution in [0.1, 0.15) is 31.0 Å². The Kier molecular flexibility index (Phi) is 4.29. The van der Waals surface area contributed by atoms with Crippen LogP contribution >= 0.6 is 0 Å². The van der Waals surface area contributed by atoms with Crippen LogP contribution in [0.25, 0.3) is 0 Å². The summed E-state index contributed by atoms with van der Waals surface area (Å²) in [5, 5.41) is 8.86. The van der Waals surface area contributed by atoms with E-state index in [0.717, 1.165) is 25.2 Å². The average Bonchev–Trinajstić information content (AvgIpc) is 2.41. The van der Waals surface area contributed by atoms with Crippen LogP contribution in [0.4, 0.5) is 0 Å². The Labute approximate surface area is 108 Å². The van der Waals surface area contributed by atoms with Crippen LogP contribution in [-0.2, 0) is 6.54 Å². The molecule has 0 bridgehead atoms. The van der Waals surface area contributed by atoms with Gasteiger partial charge in [-0.3, -0.25) is 4.90 Å². The van der Waals surface area contributed by atoms with Gasteiger partial charge in [-0.15, -0.1) is 0 Å². The summed E-state index contributed by atoms with van der Waals surface area (Å²) in [4.78, 5) is 6.46. The molecule has 18 heavy (non-hydrogen) atoms. The summed E-state index contributed by atoms with van der Waals surface area (Å²) in [6, 6.07) is 6.54. The minimum atomic E-state index is 0.493. The second-order valence-electron chi connectivity index (χ2n) is 5.12. The minimum absolute atomic E-state index is 0.493. The Morgan fingerprint density at radius 3 is 3.11 bits per heavy atom. The van der Waals surface area contributed by atoms with E-state index in [1.165, 1.54) is 12.8 Å². The minimum Gasteiger partial charge on any atom is -0.330 e. The van der Waals surface area contributed by atoms with Crippen molar-refractivity contribution >= 4 is 0 Å². The number of nitrogens with two attached hydrogens (primary N) is 1. The number of likely N-dealkylation sites (tertiary alicyclic amines) is 1. The van der Waals surface area contributed by atoms with E-state index in [1.54, 1.807) is 6.20 Å². The monoisotopic (exact) mass is 244 g/mol. The van der Waals surface area contributed by atoms with Crippen molar-refractivity contribution < 1.29 is 0 Å². The maximum atomic E-state index is 8.86. The van der Waals surface area contributed by atoms with Crippen LogP contribution in [0.5, 0.6) is 0 Å². The van der Waals surface area contributed by atoms with Gasteiger partial charge in [0.1, 0.15) is 11.8 Å². The number of hydrogen-bond acceptors (Lipinski definition) is 4. The third-order valence-corrected chi connectivity index (χ3v) is 3.77. The lowest BCUT2D eigenvalue weighted by molar-refractivity contribution is 0.113. The highest BCUT2D eigenvalue weighted by atomic mass is 15.2. The molecule has 96 valence electrons. The molecular formula is C14H20N4. The molecule has 0 aliphatic carbocycles. The molecule has 4 nitrogen and oxygen atoms in total. The van der Waals surface area contributed by atoms with Gasteiger partial charge >= 0.3 is 0 Å². The lowest BCUT2D eigenvalue weighted by Gasteiger charge is -2.37. The molecule has 1 aromatic heterocycles. The summed E-state index contributed by atoms with van der Waals surface area (Å²) < 4.78 is 0. The molecule has 4 heteroatoms. The molecule has 2 unspecified atom stereocenters. The molecule has 0 saturated carbocycles. The molecule has 1 fully saturated rings. The van der Waals surface area contributed by atoms with E-state index in [4.69, 9.17) is 11.0 Å². The first-order valence-corrected chi connectivity index (χ1v) is 6.52. The maximum absolute atomic E-state index is 8.86. The van der Waals surface area contributed by atoms with Crippen molar-refractivity contribution in [2.45, 2.75) is 32.4 Å². The summed E-state index contributed by atoms with van der Waals surface area (Å²) in [7, 11) is 0. The molecule has 1 saturated heterocycles. The summed E-state index contributed by atoms with van der Waals surface area (Å²) in [5.41, 5.74) is 7.42. The first-order chi connectivity index (χ1) is 8.72. The van der Waals surface area contributed by atoms with Crippen LogP contribution in [-0.4, -0.2) is 29.0 Å². The van der Waals surface area contributed by atoms with E-state index in [2.05, 4.69) is 22.9 Å². The molecule has 0 aromatic carbocycles. The summed E-state index contributed by atoms with van der Waals surface area (Å²) in [5.74, 6) is 0.610. The lowest BCUT2D eigenvalue weighted by atomic mass is 9.93. The SMILES string of the molecule is CC1CCC(CN)CN1Cc1ccnc(C#N)c1. The topological polar surface area (TPSA) is 65.9 Å². The Bertz CT molecular complexity index is 438. The van der Waals surface area contributed by atoms with E-state index in [1.807, 2.05) is 12.1 Å². The third-order valence-electron chi connectivity index (χ3n) is 3.77. The van der Waals surface area contributed by atoms with Crippen LogP contribution in [0.2, 0.25) is 0 Å². The molecule has 2 atom stereocenters. The summed E-state index contributed by atoms with van der Waals surface area (Å²) in [6.45, 7) is 4.97. The van der Waals surface area contributed by atoms with Crippen molar-refractivity contribution in [2.75, 3.05) is 13.1 Å². The highest BCUT2D eigenvalue weighted by molar-refractivity contribution is 5.25. The number of rotatable bonds is 3. The largest absolute Gasteiger partial charge is 0.330 e. The number of aromatic nitrogens is 1. The average molecular weight is 244 g/mol. The number of nitriles is 1. The Hall–Kier alpha value is -1.44. The number of hydrogen-bond donors (Lipinski definition) is 1. The normalized spacial score (nSPS) is 24.7. The molecule has 0 amide bonds. The van der Waals surface area contributed by atoms with Gasteiger partial charge in [-0.25, -0.2) is 4.98 Å². The van der Waals surface area contributed by atoms with E-state index in [9.17, 15) is 0 Å². The molecule has 0 radical (unpaired) electrons. The van der Waals surface area contributed by atoms with Crippen LogP contribution in [0.15, 0.2) is 18.3 Å². The third kappa shape index (κ3) is 3.06. The summed E-state index contributed by atoms with van der Waals surface area (Å²) >= 11 is 0. The zero-order valence-electron chi connectivity index (χ0n) is 10.8. The number of pyridine rings is 1. The molecule has 1 aliphatic heterocycles. The highest BCUT2D eigenvalue weighted by Gasteiger charge is 2.24. The second kappa shape index (κ2) is 5.94. The van der Waals surface area contributed by atoms with E-state index < -0.39 is 0 Å². The van der Waals surface area contributed by atoms with Crippen molar-refractivity contribution in [2.24, 2.45) is 11.7 Å².